The monoisotopic (exact) mass is 172 g/mol. The first kappa shape index (κ1) is 11.1. The van der Waals surface area contributed by atoms with Crippen LogP contribution >= 0.6 is 0 Å². The fraction of sp³-hybridized carbons (Fsp3) is 0.750. The van der Waals surface area contributed by atoms with Gasteiger partial charge in [0.1, 0.15) is 6.29 Å². The maximum atomic E-state index is 11.3. The van der Waals surface area contributed by atoms with Gasteiger partial charge in [0, 0.05) is 6.04 Å². The number of amides is 1. The van der Waals surface area contributed by atoms with E-state index in [2.05, 4.69) is 5.32 Å². The molecule has 0 saturated carbocycles. The van der Waals surface area contributed by atoms with Gasteiger partial charge in [0.2, 0.25) is 5.91 Å². The highest BCUT2D eigenvalue weighted by Crippen LogP contribution is 1.96. The highest BCUT2D eigenvalue weighted by molar-refractivity contribution is 5.80. The molecule has 0 aromatic rings. The third-order valence-corrected chi connectivity index (χ3v) is 1.54. The fourth-order valence-electron chi connectivity index (χ4n) is 0.934. The van der Waals surface area contributed by atoms with E-state index in [1.54, 1.807) is 7.05 Å². The Labute approximate surface area is 72.9 Å². The molecule has 0 atom stereocenters. The molecule has 0 spiro atoms. The van der Waals surface area contributed by atoms with Crippen LogP contribution in [0.2, 0.25) is 0 Å². The number of nitrogens with zero attached hydrogens (tertiary/aromatic N) is 1. The number of hydrogen-bond donors (Lipinski definition) is 1. The summed E-state index contributed by atoms with van der Waals surface area (Å²) in [4.78, 5) is 23.0. The summed E-state index contributed by atoms with van der Waals surface area (Å²) in [7, 11) is 1.71. The fourth-order valence-corrected chi connectivity index (χ4v) is 0.934. The Kier molecular flexibility index (Phi) is 5.28. The molecule has 4 heteroatoms. The van der Waals surface area contributed by atoms with E-state index in [4.69, 9.17) is 0 Å². The molecule has 0 fully saturated rings. The summed E-state index contributed by atoms with van der Waals surface area (Å²) in [5, 5.41) is 2.75. The van der Waals surface area contributed by atoms with Gasteiger partial charge in [0.25, 0.3) is 0 Å². The minimum Gasteiger partial charge on any atom is -0.332 e. The van der Waals surface area contributed by atoms with Crippen LogP contribution in [0.1, 0.15) is 13.8 Å². The average molecular weight is 172 g/mol. The molecule has 0 saturated heterocycles. The Balaban J connectivity index is 4.08. The van der Waals surface area contributed by atoms with E-state index >= 15 is 0 Å². The summed E-state index contributed by atoms with van der Waals surface area (Å²) < 4.78 is 0. The Morgan fingerprint density at radius 1 is 1.58 bits per heavy atom. The second-order valence-corrected chi connectivity index (χ2v) is 2.84. The summed E-state index contributed by atoms with van der Waals surface area (Å²) >= 11 is 0. The second kappa shape index (κ2) is 5.71. The largest absolute Gasteiger partial charge is 0.332 e. The lowest BCUT2D eigenvalue weighted by atomic mass is 10.3. The van der Waals surface area contributed by atoms with Crippen molar-refractivity contribution in [1.82, 2.24) is 10.2 Å². The minimum absolute atomic E-state index is 0.0420. The van der Waals surface area contributed by atoms with Gasteiger partial charge >= 0.3 is 0 Å². The predicted octanol–water partition coefficient (Wildman–Crippen LogP) is -0.358. The lowest BCUT2D eigenvalue weighted by Gasteiger charge is -2.24. The molecule has 0 aliphatic carbocycles. The minimum atomic E-state index is -0.0420. The van der Waals surface area contributed by atoms with Crippen molar-refractivity contribution < 1.29 is 9.59 Å². The standard InChI is InChI=1S/C8H16N2O2/c1-7(2)10(4-5-11)8(12)6-9-3/h5,7,9H,4,6H2,1-3H3. The molecule has 0 unspecified atom stereocenters. The van der Waals surface area contributed by atoms with Gasteiger partial charge in [-0.1, -0.05) is 0 Å². The zero-order chi connectivity index (χ0) is 9.56. The molecule has 0 aliphatic rings. The van der Waals surface area contributed by atoms with Crippen molar-refractivity contribution >= 4 is 12.2 Å². The lowest BCUT2D eigenvalue weighted by Crippen LogP contribution is -2.42. The first-order valence-electron chi connectivity index (χ1n) is 4.01. The van der Waals surface area contributed by atoms with E-state index in [-0.39, 0.29) is 25.0 Å². The summed E-state index contributed by atoms with van der Waals surface area (Å²) in [6.45, 7) is 4.23. The zero-order valence-electron chi connectivity index (χ0n) is 7.83. The molecule has 12 heavy (non-hydrogen) atoms. The van der Waals surface area contributed by atoms with Crippen molar-refractivity contribution in [1.29, 1.82) is 0 Å². The molecule has 0 rings (SSSR count). The highest BCUT2D eigenvalue weighted by atomic mass is 16.2. The van der Waals surface area contributed by atoms with Crippen LogP contribution in [-0.4, -0.2) is 43.3 Å². The van der Waals surface area contributed by atoms with Gasteiger partial charge in [-0.15, -0.1) is 0 Å². The topological polar surface area (TPSA) is 49.4 Å². The Morgan fingerprint density at radius 2 is 2.17 bits per heavy atom. The molecule has 0 bridgehead atoms. The maximum absolute atomic E-state index is 11.3. The predicted molar refractivity (Wildman–Crippen MR) is 46.8 cm³/mol. The van der Waals surface area contributed by atoms with Crippen LogP contribution in [-0.2, 0) is 9.59 Å². The van der Waals surface area contributed by atoms with Crippen LogP contribution in [0, 0.1) is 0 Å². The van der Waals surface area contributed by atoms with Gasteiger partial charge in [0.15, 0.2) is 0 Å². The van der Waals surface area contributed by atoms with Crippen molar-refractivity contribution in [3.05, 3.63) is 0 Å². The number of carbonyl (C=O) groups is 2. The zero-order valence-corrected chi connectivity index (χ0v) is 7.83. The van der Waals surface area contributed by atoms with Crippen LogP contribution in [0.3, 0.4) is 0 Å². The molecular weight excluding hydrogens is 156 g/mol. The Morgan fingerprint density at radius 3 is 2.50 bits per heavy atom. The summed E-state index contributed by atoms with van der Waals surface area (Å²) in [6, 6.07) is 0.0797. The van der Waals surface area contributed by atoms with Crippen LogP contribution in [0.5, 0.6) is 0 Å². The van der Waals surface area contributed by atoms with Gasteiger partial charge in [-0.2, -0.15) is 0 Å². The number of rotatable bonds is 5. The van der Waals surface area contributed by atoms with Gasteiger partial charge in [-0.05, 0) is 20.9 Å². The van der Waals surface area contributed by atoms with E-state index < -0.39 is 0 Å². The molecule has 0 heterocycles. The third-order valence-electron chi connectivity index (χ3n) is 1.54. The summed E-state index contributed by atoms with van der Waals surface area (Å²) in [5.41, 5.74) is 0. The van der Waals surface area contributed by atoms with E-state index in [9.17, 15) is 9.59 Å². The number of carbonyl (C=O) groups excluding carboxylic acids is 2. The normalized spacial score (nSPS) is 10.0. The van der Waals surface area contributed by atoms with E-state index in [1.165, 1.54) is 4.90 Å². The third kappa shape index (κ3) is 3.48. The number of likely N-dealkylation sites (N-methyl/N-ethyl adjacent to an activating group) is 1. The average Bonchev–Trinajstić information content (AvgIpc) is 1.99. The van der Waals surface area contributed by atoms with E-state index in [0.717, 1.165) is 6.29 Å². The van der Waals surface area contributed by atoms with Crippen LogP contribution in [0.4, 0.5) is 0 Å². The second-order valence-electron chi connectivity index (χ2n) is 2.84. The molecular formula is C8H16N2O2. The number of aldehydes is 1. The molecule has 0 aliphatic heterocycles. The van der Waals surface area contributed by atoms with Gasteiger partial charge < -0.3 is 15.0 Å². The maximum Gasteiger partial charge on any atom is 0.237 e. The van der Waals surface area contributed by atoms with Crippen LogP contribution < -0.4 is 5.32 Å². The lowest BCUT2D eigenvalue weighted by molar-refractivity contribution is -0.133. The molecule has 0 aromatic carbocycles. The number of nitrogens with one attached hydrogen (secondary N) is 1. The summed E-state index contributed by atoms with van der Waals surface area (Å²) in [5.74, 6) is -0.0420. The molecule has 0 radical (unpaired) electrons. The van der Waals surface area contributed by atoms with Gasteiger partial charge in [-0.25, -0.2) is 0 Å². The van der Waals surface area contributed by atoms with Crippen molar-refractivity contribution in [2.24, 2.45) is 0 Å². The van der Waals surface area contributed by atoms with Crippen molar-refractivity contribution in [2.75, 3.05) is 20.1 Å². The van der Waals surface area contributed by atoms with Gasteiger partial charge in [0.05, 0.1) is 13.1 Å². The van der Waals surface area contributed by atoms with Crippen molar-refractivity contribution in [3.8, 4) is 0 Å². The van der Waals surface area contributed by atoms with Crippen LogP contribution in [0.15, 0.2) is 0 Å². The Bertz CT molecular complexity index is 157. The molecule has 1 N–H and O–H groups in total. The number of hydrogen-bond acceptors (Lipinski definition) is 3. The molecule has 1 amide bonds. The molecule has 0 aromatic heterocycles. The van der Waals surface area contributed by atoms with Gasteiger partial charge in [-0.3, -0.25) is 4.79 Å². The van der Waals surface area contributed by atoms with Crippen molar-refractivity contribution in [2.45, 2.75) is 19.9 Å². The first-order chi connectivity index (χ1) is 5.63. The smallest absolute Gasteiger partial charge is 0.237 e. The SMILES string of the molecule is CNCC(=O)N(CC=O)C(C)C. The summed E-state index contributed by atoms with van der Waals surface area (Å²) in [6.07, 6.45) is 0.744. The molecule has 4 nitrogen and oxygen atoms in total. The van der Waals surface area contributed by atoms with E-state index in [1.807, 2.05) is 13.8 Å². The quantitative estimate of drug-likeness (QED) is 0.576. The Hall–Kier alpha value is -0.900. The van der Waals surface area contributed by atoms with Crippen LogP contribution in [0.25, 0.3) is 0 Å². The van der Waals surface area contributed by atoms with Crippen molar-refractivity contribution in [3.63, 3.8) is 0 Å². The molecule has 70 valence electrons. The highest BCUT2D eigenvalue weighted by Gasteiger charge is 2.14. The van der Waals surface area contributed by atoms with E-state index in [0.29, 0.717) is 0 Å². The first-order valence-corrected chi connectivity index (χ1v) is 4.01.